The van der Waals surface area contributed by atoms with Gasteiger partial charge in [-0.1, -0.05) is 20.4 Å². The Balaban J connectivity index is 0.000000791. The van der Waals surface area contributed by atoms with Crippen LogP contribution in [0.5, 0.6) is 0 Å². The van der Waals surface area contributed by atoms with Gasteiger partial charge < -0.3 is 5.73 Å². The summed E-state index contributed by atoms with van der Waals surface area (Å²) in [7, 11) is 1.50. The van der Waals surface area contributed by atoms with Gasteiger partial charge in [-0.3, -0.25) is 4.68 Å². The summed E-state index contributed by atoms with van der Waals surface area (Å²) < 4.78 is 1.97. The van der Waals surface area contributed by atoms with Crippen molar-refractivity contribution < 1.29 is 0 Å². The van der Waals surface area contributed by atoms with E-state index in [1.54, 1.807) is 0 Å². The van der Waals surface area contributed by atoms with Crippen LogP contribution in [0.3, 0.4) is 0 Å². The Hall–Kier alpha value is -1.09. The first kappa shape index (κ1) is 12.9. The van der Waals surface area contributed by atoms with Gasteiger partial charge in [-0.2, -0.15) is 5.10 Å². The second-order valence-corrected chi connectivity index (χ2v) is 3.17. The predicted octanol–water partition coefficient (Wildman–Crippen LogP) is 2.24. The maximum Gasteiger partial charge on any atom is 0.0656 e. The molecule has 0 aliphatic heterocycles. The molecule has 0 amide bonds. The molecule has 2 N–H and O–H groups in total. The number of rotatable bonds is 3. The summed E-state index contributed by atoms with van der Waals surface area (Å²) in [4.78, 5) is 0. The first-order valence-corrected chi connectivity index (χ1v) is 4.97. The van der Waals surface area contributed by atoms with E-state index in [0.29, 0.717) is 5.92 Å². The quantitative estimate of drug-likeness (QED) is 0.804. The molecule has 1 rings (SSSR count). The minimum Gasteiger partial charge on any atom is -0.333 e. The van der Waals surface area contributed by atoms with Gasteiger partial charge in [-0.25, -0.2) is 0 Å². The number of aromatic nitrogens is 2. The zero-order valence-electron chi connectivity index (χ0n) is 9.62. The first-order valence-electron chi connectivity index (χ1n) is 4.97. The van der Waals surface area contributed by atoms with Gasteiger partial charge in [0.2, 0.25) is 0 Å². The Labute approximate surface area is 86.6 Å². The molecule has 0 bridgehead atoms. The van der Waals surface area contributed by atoms with E-state index in [-0.39, 0.29) is 0 Å². The van der Waals surface area contributed by atoms with E-state index >= 15 is 0 Å². The average Bonchev–Trinajstić information content (AvgIpc) is 2.63. The molecule has 80 valence electrons. The molecule has 0 saturated carbocycles. The third kappa shape index (κ3) is 3.00. The van der Waals surface area contributed by atoms with Crippen molar-refractivity contribution in [1.82, 2.24) is 9.78 Å². The Morgan fingerprint density at radius 3 is 2.43 bits per heavy atom. The van der Waals surface area contributed by atoms with Crippen molar-refractivity contribution in [3.63, 3.8) is 0 Å². The largest absolute Gasteiger partial charge is 0.333 e. The van der Waals surface area contributed by atoms with Crippen molar-refractivity contribution in [2.45, 2.75) is 33.2 Å². The van der Waals surface area contributed by atoms with Crippen LogP contribution in [0.25, 0.3) is 6.08 Å². The Bertz CT molecular complexity index is 274. The van der Waals surface area contributed by atoms with Gasteiger partial charge in [0.15, 0.2) is 0 Å². The molecule has 1 aromatic heterocycles. The predicted molar refractivity (Wildman–Crippen MR) is 62.2 cm³/mol. The van der Waals surface area contributed by atoms with Crippen LogP contribution in [0, 0.1) is 0 Å². The van der Waals surface area contributed by atoms with Gasteiger partial charge in [-0.15, -0.1) is 0 Å². The van der Waals surface area contributed by atoms with E-state index in [1.807, 2.05) is 10.8 Å². The summed E-state index contributed by atoms with van der Waals surface area (Å²) in [5.74, 6) is 0.497. The van der Waals surface area contributed by atoms with Gasteiger partial charge in [-0.05, 0) is 32.0 Å². The van der Waals surface area contributed by atoms with E-state index in [9.17, 15) is 0 Å². The summed E-state index contributed by atoms with van der Waals surface area (Å²) >= 11 is 0. The Kier molecular flexibility index (Phi) is 5.88. The fourth-order valence-corrected chi connectivity index (χ4v) is 1.15. The molecular formula is C11H21N3. The topological polar surface area (TPSA) is 43.8 Å². The zero-order chi connectivity index (χ0) is 11.1. The monoisotopic (exact) mass is 195 g/mol. The summed E-state index contributed by atoms with van der Waals surface area (Å²) in [6, 6.07) is 2.10. The third-order valence-electron chi connectivity index (χ3n) is 1.93. The molecule has 0 radical (unpaired) electrons. The van der Waals surface area contributed by atoms with Crippen LogP contribution in [0.2, 0.25) is 0 Å². The maximum atomic E-state index is 4.50. The molecule has 1 heterocycles. The van der Waals surface area contributed by atoms with Crippen LogP contribution in [-0.4, -0.2) is 16.8 Å². The van der Waals surface area contributed by atoms with Crippen molar-refractivity contribution in [3.8, 4) is 0 Å². The highest BCUT2D eigenvalue weighted by molar-refractivity contribution is 5.42. The van der Waals surface area contributed by atoms with Gasteiger partial charge in [0.05, 0.1) is 11.4 Å². The molecule has 0 aromatic carbocycles. The van der Waals surface area contributed by atoms with E-state index in [2.05, 4.69) is 44.2 Å². The van der Waals surface area contributed by atoms with Crippen molar-refractivity contribution >= 4 is 6.08 Å². The van der Waals surface area contributed by atoms with Crippen molar-refractivity contribution in [3.05, 3.63) is 24.0 Å². The van der Waals surface area contributed by atoms with Crippen LogP contribution in [0.15, 0.2) is 12.6 Å². The molecule has 0 atom stereocenters. The maximum absolute atomic E-state index is 4.50. The molecular weight excluding hydrogens is 174 g/mol. The standard InChI is InChI=1S/C10H16N2.CH5N/c1-5-9-7-10(8(3)4)11-12(9)6-2;1-2/h5,7-8H,1,6H2,2-4H3;2H2,1H3. The normalized spacial score (nSPS) is 9.57. The molecule has 0 aliphatic rings. The lowest BCUT2D eigenvalue weighted by Crippen LogP contribution is -1.99. The fraction of sp³-hybridized carbons (Fsp3) is 0.545. The number of hydrogen-bond donors (Lipinski definition) is 1. The van der Waals surface area contributed by atoms with E-state index < -0.39 is 0 Å². The van der Waals surface area contributed by atoms with Crippen LogP contribution < -0.4 is 5.73 Å². The Morgan fingerprint density at radius 2 is 2.14 bits per heavy atom. The molecule has 0 fully saturated rings. The van der Waals surface area contributed by atoms with Crippen molar-refractivity contribution in [1.29, 1.82) is 0 Å². The highest BCUT2D eigenvalue weighted by Crippen LogP contribution is 2.14. The van der Waals surface area contributed by atoms with Gasteiger partial charge in [0.1, 0.15) is 0 Å². The molecule has 0 unspecified atom stereocenters. The number of hydrogen-bond acceptors (Lipinski definition) is 2. The summed E-state index contributed by atoms with van der Waals surface area (Å²) in [5, 5.41) is 4.44. The van der Waals surface area contributed by atoms with Crippen LogP contribution in [0.1, 0.15) is 38.1 Å². The minimum atomic E-state index is 0.497. The van der Waals surface area contributed by atoms with Gasteiger partial charge in [0, 0.05) is 6.54 Å². The molecule has 0 spiro atoms. The summed E-state index contributed by atoms with van der Waals surface area (Å²) in [5.41, 5.74) is 6.76. The van der Waals surface area contributed by atoms with Gasteiger partial charge in [0.25, 0.3) is 0 Å². The van der Waals surface area contributed by atoms with Gasteiger partial charge >= 0.3 is 0 Å². The van der Waals surface area contributed by atoms with Crippen molar-refractivity contribution in [2.75, 3.05) is 7.05 Å². The van der Waals surface area contributed by atoms with E-state index in [4.69, 9.17) is 0 Å². The summed E-state index contributed by atoms with van der Waals surface area (Å²) in [6.45, 7) is 11.0. The second-order valence-electron chi connectivity index (χ2n) is 3.17. The highest BCUT2D eigenvalue weighted by Gasteiger charge is 2.06. The molecule has 14 heavy (non-hydrogen) atoms. The fourth-order valence-electron chi connectivity index (χ4n) is 1.15. The minimum absolute atomic E-state index is 0.497. The van der Waals surface area contributed by atoms with Crippen molar-refractivity contribution in [2.24, 2.45) is 5.73 Å². The van der Waals surface area contributed by atoms with Crippen LogP contribution >= 0.6 is 0 Å². The first-order chi connectivity index (χ1) is 6.69. The van der Waals surface area contributed by atoms with E-state index in [1.165, 1.54) is 7.05 Å². The smallest absolute Gasteiger partial charge is 0.0656 e. The third-order valence-corrected chi connectivity index (χ3v) is 1.93. The molecule has 3 nitrogen and oxygen atoms in total. The van der Waals surface area contributed by atoms with Crippen LogP contribution in [0.4, 0.5) is 0 Å². The average molecular weight is 195 g/mol. The second kappa shape index (κ2) is 6.38. The lowest BCUT2D eigenvalue weighted by Gasteiger charge is -1.98. The Morgan fingerprint density at radius 1 is 1.57 bits per heavy atom. The molecule has 0 saturated heterocycles. The molecule has 0 aliphatic carbocycles. The van der Waals surface area contributed by atoms with Crippen LogP contribution in [-0.2, 0) is 6.54 Å². The number of nitrogens with two attached hydrogens (primary N) is 1. The number of aryl methyl sites for hydroxylation is 1. The highest BCUT2D eigenvalue weighted by atomic mass is 15.3. The molecule has 1 aromatic rings. The van der Waals surface area contributed by atoms with E-state index in [0.717, 1.165) is 17.9 Å². The zero-order valence-corrected chi connectivity index (χ0v) is 9.62. The molecule has 3 heteroatoms. The summed E-state index contributed by atoms with van der Waals surface area (Å²) in [6.07, 6.45) is 1.85. The lowest BCUT2D eigenvalue weighted by atomic mass is 10.1. The number of nitrogens with zero attached hydrogens (tertiary/aromatic N) is 2. The lowest BCUT2D eigenvalue weighted by molar-refractivity contribution is 0.631. The SMILES string of the molecule is C=Cc1cc(C(C)C)nn1CC.CN.